The van der Waals surface area contributed by atoms with E-state index in [-0.39, 0.29) is 24.2 Å². The maximum absolute atomic E-state index is 11.5. The monoisotopic (exact) mass is 299 g/mol. The van der Waals surface area contributed by atoms with Crippen LogP contribution in [0.15, 0.2) is 24.3 Å². The van der Waals surface area contributed by atoms with Crippen molar-refractivity contribution in [3.8, 4) is 5.75 Å². The maximum Gasteiger partial charge on any atom is 0.153 e. The molecule has 1 atom stereocenters. The summed E-state index contributed by atoms with van der Waals surface area (Å²) in [5, 5.41) is 0. The van der Waals surface area contributed by atoms with E-state index in [1.54, 1.807) is 0 Å². The van der Waals surface area contributed by atoms with E-state index < -0.39 is 9.84 Å². The Morgan fingerprint density at radius 1 is 1.15 bits per heavy atom. The number of hydrogen-bond acceptors (Lipinski definition) is 4. The van der Waals surface area contributed by atoms with Crippen LogP contribution in [-0.4, -0.2) is 32.6 Å². The van der Waals surface area contributed by atoms with Crippen LogP contribution in [0.5, 0.6) is 5.75 Å². The van der Waals surface area contributed by atoms with Crippen molar-refractivity contribution in [1.29, 1.82) is 0 Å². The largest absolute Gasteiger partial charge is 0.493 e. The van der Waals surface area contributed by atoms with Gasteiger partial charge in [0.2, 0.25) is 0 Å². The average Bonchev–Trinajstić information content (AvgIpc) is 2.40. The molecule has 1 aromatic carbocycles. The zero-order chi connectivity index (χ0) is 15.0. The van der Waals surface area contributed by atoms with Crippen molar-refractivity contribution in [2.45, 2.75) is 39.2 Å². The normalized spacial score (nSPS) is 13.2. The van der Waals surface area contributed by atoms with Crippen LogP contribution in [0.25, 0.3) is 0 Å². The average molecular weight is 299 g/mol. The van der Waals surface area contributed by atoms with Crippen LogP contribution in [0.1, 0.15) is 32.3 Å². The Kier molecular flexibility index (Phi) is 7.02. The lowest BCUT2D eigenvalue weighted by Gasteiger charge is -2.10. The summed E-state index contributed by atoms with van der Waals surface area (Å²) in [7, 11) is -2.97. The molecule has 4 nitrogen and oxygen atoms in total. The molecule has 114 valence electrons. The Morgan fingerprint density at radius 3 is 2.35 bits per heavy atom. The molecule has 1 rings (SSSR count). The Balaban J connectivity index is 2.42. The molecule has 0 spiro atoms. The van der Waals surface area contributed by atoms with Gasteiger partial charge in [0, 0.05) is 6.04 Å². The predicted octanol–water partition coefficient (Wildman–Crippen LogP) is 2.17. The third-order valence-electron chi connectivity index (χ3n) is 3.12. The first-order valence-electron chi connectivity index (χ1n) is 7.14. The molecule has 0 aliphatic rings. The summed E-state index contributed by atoms with van der Waals surface area (Å²) in [6.45, 7) is 4.13. The van der Waals surface area contributed by atoms with E-state index in [0.29, 0.717) is 12.2 Å². The number of nitrogens with two attached hydrogens (primary N) is 1. The highest BCUT2D eigenvalue weighted by molar-refractivity contribution is 7.91. The van der Waals surface area contributed by atoms with E-state index in [1.165, 1.54) is 5.56 Å². The number of ether oxygens (including phenoxy) is 1. The summed E-state index contributed by atoms with van der Waals surface area (Å²) in [6, 6.07) is 7.87. The van der Waals surface area contributed by atoms with Crippen molar-refractivity contribution in [1.82, 2.24) is 0 Å². The van der Waals surface area contributed by atoms with Gasteiger partial charge in [0.1, 0.15) is 12.4 Å². The number of benzene rings is 1. The molecule has 0 radical (unpaired) electrons. The van der Waals surface area contributed by atoms with Gasteiger partial charge in [0.25, 0.3) is 0 Å². The topological polar surface area (TPSA) is 69.4 Å². The van der Waals surface area contributed by atoms with E-state index in [9.17, 15) is 8.42 Å². The molecule has 0 fully saturated rings. The second-order valence-corrected chi connectivity index (χ2v) is 7.32. The van der Waals surface area contributed by atoms with E-state index >= 15 is 0 Å². The molecule has 0 saturated carbocycles. The van der Waals surface area contributed by atoms with Gasteiger partial charge in [-0.3, -0.25) is 0 Å². The highest BCUT2D eigenvalue weighted by atomic mass is 32.2. The quantitative estimate of drug-likeness (QED) is 0.758. The zero-order valence-electron chi connectivity index (χ0n) is 12.3. The smallest absolute Gasteiger partial charge is 0.153 e. The molecule has 0 saturated heterocycles. The van der Waals surface area contributed by atoms with E-state index in [4.69, 9.17) is 10.5 Å². The fraction of sp³-hybridized carbons (Fsp3) is 0.600. The summed E-state index contributed by atoms with van der Waals surface area (Å²) in [5.41, 5.74) is 7.07. The molecule has 0 amide bonds. The summed E-state index contributed by atoms with van der Waals surface area (Å²) in [4.78, 5) is 0. The van der Waals surface area contributed by atoms with Gasteiger partial charge in [-0.2, -0.15) is 0 Å². The van der Waals surface area contributed by atoms with Gasteiger partial charge in [-0.25, -0.2) is 8.42 Å². The predicted molar refractivity (Wildman–Crippen MR) is 82.9 cm³/mol. The third-order valence-corrected chi connectivity index (χ3v) is 4.94. The molecule has 5 heteroatoms. The second kappa shape index (κ2) is 8.27. The lowest BCUT2D eigenvalue weighted by molar-refractivity contribution is 0.340. The van der Waals surface area contributed by atoms with Crippen LogP contribution in [0.3, 0.4) is 0 Å². The van der Waals surface area contributed by atoms with Gasteiger partial charge in [-0.05, 0) is 37.0 Å². The summed E-state index contributed by atoms with van der Waals surface area (Å²) in [6.07, 6.45) is 2.45. The van der Waals surface area contributed by atoms with Crippen molar-refractivity contribution in [2.24, 2.45) is 5.73 Å². The first-order valence-corrected chi connectivity index (χ1v) is 8.96. The standard InChI is InChI=1S/C15H25NO3S/c1-3-10-20(17,18)11-9-19-15-7-5-13(6-8-15)12-14(16)4-2/h5-8,14H,3-4,9-12,16H2,1-2H3. The van der Waals surface area contributed by atoms with Crippen molar-refractivity contribution >= 4 is 9.84 Å². The fourth-order valence-electron chi connectivity index (χ4n) is 1.87. The first kappa shape index (κ1) is 17.0. The molecule has 0 bridgehead atoms. The molecule has 1 aromatic rings. The van der Waals surface area contributed by atoms with E-state index in [2.05, 4.69) is 6.92 Å². The lowest BCUT2D eigenvalue weighted by Crippen LogP contribution is -2.21. The number of hydrogen-bond donors (Lipinski definition) is 1. The minimum absolute atomic E-state index is 0.0727. The van der Waals surface area contributed by atoms with Crippen LogP contribution < -0.4 is 10.5 Å². The molecule has 2 N–H and O–H groups in total. The Morgan fingerprint density at radius 2 is 1.80 bits per heavy atom. The minimum Gasteiger partial charge on any atom is -0.493 e. The first-order chi connectivity index (χ1) is 9.46. The molecule has 0 aliphatic carbocycles. The van der Waals surface area contributed by atoms with Gasteiger partial charge in [-0.1, -0.05) is 26.0 Å². The number of sulfone groups is 1. The van der Waals surface area contributed by atoms with Crippen molar-refractivity contribution in [3.05, 3.63) is 29.8 Å². The Labute approximate surface area is 122 Å². The molecule has 0 aromatic heterocycles. The van der Waals surface area contributed by atoms with Gasteiger partial charge in [0.15, 0.2) is 9.84 Å². The second-order valence-electron chi connectivity index (χ2n) is 5.02. The molecule has 0 aliphatic heterocycles. The van der Waals surface area contributed by atoms with Crippen LogP contribution in [0, 0.1) is 0 Å². The van der Waals surface area contributed by atoms with Gasteiger partial charge in [0.05, 0.1) is 11.5 Å². The molecule has 1 unspecified atom stereocenters. The van der Waals surface area contributed by atoms with Gasteiger partial charge >= 0.3 is 0 Å². The van der Waals surface area contributed by atoms with Crippen molar-refractivity contribution < 1.29 is 13.2 Å². The zero-order valence-corrected chi connectivity index (χ0v) is 13.2. The Hall–Kier alpha value is -1.07. The minimum atomic E-state index is -2.97. The molecule has 0 heterocycles. The lowest BCUT2D eigenvalue weighted by atomic mass is 10.0. The third kappa shape index (κ3) is 6.39. The molecular weight excluding hydrogens is 274 g/mol. The maximum atomic E-state index is 11.5. The van der Waals surface area contributed by atoms with Crippen LogP contribution in [0.4, 0.5) is 0 Å². The Bertz CT molecular complexity index is 482. The fourth-order valence-corrected chi connectivity index (χ4v) is 3.03. The summed E-state index contributed by atoms with van der Waals surface area (Å²) < 4.78 is 28.5. The number of rotatable bonds is 9. The summed E-state index contributed by atoms with van der Waals surface area (Å²) in [5.74, 6) is 0.999. The van der Waals surface area contributed by atoms with Crippen LogP contribution >= 0.6 is 0 Å². The SMILES string of the molecule is CCCS(=O)(=O)CCOc1ccc(CC(N)CC)cc1. The summed E-state index contributed by atoms with van der Waals surface area (Å²) >= 11 is 0. The van der Waals surface area contributed by atoms with Crippen LogP contribution in [0.2, 0.25) is 0 Å². The highest BCUT2D eigenvalue weighted by Crippen LogP contribution is 2.14. The van der Waals surface area contributed by atoms with Gasteiger partial charge in [-0.15, -0.1) is 0 Å². The molecule has 20 heavy (non-hydrogen) atoms. The van der Waals surface area contributed by atoms with Crippen LogP contribution in [-0.2, 0) is 16.3 Å². The van der Waals surface area contributed by atoms with E-state index in [1.807, 2.05) is 31.2 Å². The molecular formula is C15H25NO3S. The van der Waals surface area contributed by atoms with E-state index in [0.717, 1.165) is 12.8 Å². The highest BCUT2D eigenvalue weighted by Gasteiger charge is 2.09. The van der Waals surface area contributed by atoms with Gasteiger partial charge < -0.3 is 10.5 Å². The van der Waals surface area contributed by atoms with Crippen molar-refractivity contribution in [3.63, 3.8) is 0 Å². The van der Waals surface area contributed by atoms with Crippen molar-refractivity contribution in [2.75, 3.05) is 18.1 Å².